The maximum atomic E-state index is 12.6. The van der Waals surface area contributed by atoms with Crippen LogP contribution in [0.2, 0.25) is 5.02 Å². The van der Waals surface area contributed by atoms with Crippen molar-refractivity contribution in [2.75, 3.05) is 44.6 Å². The van der Waals surface area contributed by atoms with Crippen molar-refractivity contribution in [1.29, 1.82) is 0 Å². The minimum atomic E-state index is -0.0921. The number of hydrogen-bond donors (Lipinski definition) is 2. The van der Waals surface area contributed by atoms with E-state index in [1.165, 1.54) is 6.21 Å². The number of nitrogens with one attached hydrogen (secondary N) is 1. The number of allylic oxidation sites excluding steroid dienone is 2. The van der Waals surface area contributed by atoms with Gasteiger partial charge in [0.15, 0.2) is 5.78 Å². The highest BCUT2D eigenvalue weighted by atomic mass is 35.5. The van der Waals surface area contributed by atoms with Gasteiger partial charge in [0.05, 0.1) is 12.1 Å². The van der Waals surface area contributed by atoms with Crippen LogP contribution in [-0.4, -0.2) is 72.2 Å². The highest BCUT2D eigenvalue weighted by Gasteiger charge is 2.27. The molecule has 1 saturated heterocycles. The summed E-state index contributed by atoms with van der Waals surface area (Å²) < 4.78 is 0. The van der Waals surface area contributed by atoms with Crippen LogP contribution in [0.3, 0.4) is 0 Å². The lowest BCUT2D eigenvalue weighted by Gasteiger charge is -2.34. The van der Waals surface area contributed by atoms with Crippen LogP contribution in [0.4, 0.5) is 10.5 Å². The van der Waals surface area contributed by atoms with Crippen molar-refractivity contribution in [2.24, 2.45) is 4.99 Å². The van der Waals surface area contributed by atoms with Gasteiger partial charge in [-0.15, -0.1) is 0 Å². The van der Waals surface area contributed by atoms with Crippen molar-refractivity contribution in [3.63, 3.8) is 0 Å². The predicted molar refractivity (Wildman–Crippen MR) is 135 cm³/mol. The summed E-state index contributed by atoms with van der Waals surface area (Å²) in [6.45, 7) is 4.11. The number of aliphatic imine (C=N–C) groups is 1. The Morgan fingerprint density at radius 3 is 2.44 bits per heavy atom. The second-order valence-corrected chi connectivity index (χ2v) is 9.04. The maximum absolute atomic E-state index is 12.6. The first kappa shape index (κ1) is 24.0. The number of aliphatic hydroxyl groups excluding tert-OH is 1. The fourth-order valence-corrected chi connectivity index (χ4v) is 4.41. The topological polar surface area (TPSA) is 85.2 Å². The number of halogens is 1. The van der Waals surface area contributed by atoms with Crippen LogP contribution in [0.5, 0.6) is 0 Å². The molecule has 1 aliphatic heterocycles. The van der Waals surface area contributed by atoms with E-state index >= 15 is 0 Å². The van der Waals surface area contributed by atoms with Gasteiger partial charge >= 0.3 is 6.03 Å². The van der Waals surface area contributed by atoms with E-state index in [9.17, 15) is 14.7 Å². The largest absolute Gasteiger partial charge is 0.511 e. The number of para-hydroxylation sites is 1. The molecule has 4 rings (SSSR count). The zero-order valence-corrected chi connectivity index (χ0v) is 19.7. The smallest absolute Gasteiger partial charge is 0.321 e. The van der Waals surface area contributed by atoms with Crippen molar-refractivity contribution in [1.82, 2.24) is 9.80 Å². The Balaban J connectivity index is 1.21. The van der Waals surface area contributed by atoms with E-state index in [1.807, 2.05) is 47.4 Å². The molecule has 8 heteroatoms. The normalized spacial score (nSPS) is 19.6. The van der Waals surface area contributed by atoms with Gasteiger partial charge < -0.3 is 15.3 Å². The summed E-state index contributed by atoms with van der Waals surface area (Å²) in [6, 6.07) is 16.8. The summed E-state index contributed by atoms with van der Waals surface area (Å²) in [4.78, 5) is 33.5. The van der Waals surface area contributed by atoms with Crippen LogP contribution in [0, 0.1) is 0 Å². The number of ketones is 1. The van der Waals surface area contributed by atoms with Gasteiger partial charge in [-0.3, -0.25) is 14.7 Å². The van der Waals surface area contributed by atoms with Crippen molar-refractivity contribution in [2.45, 2.75) is 18.8 Å². The molecule has 1 aliphatic carbocycles. The Kier molecular flexibility index (Phi) is 7.98. The third-order valence-electron chi connectivity index (χ3n) is 6.27. The zero-order chi connectivity index (χ0) is 23.9. The molecule has 0 aromatic heterocycles. The second kappa shape index (κ2) is 11.3. The Labute approximate surface area is 204 Å². The van der Waals surface area contributed by atoms with E-state index in [0.29, 0.717) is 43.1 Å². The molecule has 178 valence electrons. The quantitative estimate of drug-likeness (QED) is 0.595. The van der Waals surface area contributed by atoms with Gasteiger partial charge in [-0.1, -0.05) is 41.9 Å². The summed E-state index contributed by atoms with van der Waals surface area (Å²) in [6.07, 6.45) is 2.28. The molecule has 34 heavy (non-hydrogen) atoms. The molecular formula is C26H29ClN4O3. The van der Waals surface area contributed by atoms with Crippen molar-refractivity contribution < 1.29 is 14.7 Å². The molecule has 0 saturated carbocycles. The number of hydrogen-bond acceptors (Lipinski definition) is 5. The highest BCUT2D eigenvalue weighted by Crippen LogP contribution is 2.33. The number of carbonyl (C=O) groups excluding carboxylic acids is 2. The Bertz CT molecular complexity index is 1060. The second-order valence-electron chi connectivity index (χ2n) is 8.60. The average molecular weight is 481 g/mol. The summed E-state index contributed by atoms with van der Waals surface area (Å²) >= 11 is 5.94. The number of urea groups is 1. The molecule has 1 heterocycles. The number of piperazine rings is 1. The van der Waals surface area contributed by atoms with Gasteiger partial charge in [0.2, 0.25) is 0 Å². The van der Waals surface area contributed by atoms with E-state index in [0.717, 1.165) is 30.9 Å². The van der Waals surface area contributed by atoms with Crippen LogP contribution in [0.15, 0.2) is 70.9 Å². The van der Waals surface area contributed by atoms with Gasteiger partial charge in [-0.25, -0.2) is 4.79 Å². The van der Waals surface area contributed by atoms with E-state index < -0.39 is 0 Å². The lowest BCUT2D eigenvalue weighted by Crippen LogP contribution is -2.50. The van der Waals surface area contributed by atoms with E-state index in [4.69, 9.17) is 11.6 Å². The van der Waals surface area contributed by atoms with E-state index in [1.54, 1.807) is 12.1 Å². The molecule has 7 nitrogen and oxygen atoms in total. The molecule has 2 aromatic rings. The number of rotatable bonds is 6. The van der Waals surface area contributed by atoms with Crippen molar-refractivity contribution in [3.05, 3.63) is 76.5 Å². The maximum Gasteiger partial charge on any atom is 0.321 e. The van der Waals surface area contributed by atoms with Crippen LogP contribution in [0.25, 0.3) is 0 Å². The molecule has 2 aliphatic rings. The fraction of sp³-hybridized carbons (Fsp3) is 0.346. The molecular weight excluding hydrogens is 452 g/mol. The first-order valence-corrected chi connectivity index (χ1v) is 11.9. The lowest BCUT2D eigenvalue weighted by atomic mass is 9.83. The van der Waals surface area contributed by atoms with Gasteiger partial charge in [0.1, 0.15) is 5.76 Å². The lowest BCUT2D eigenvalue weighted by molar-refractivity contribution is -0.116. The van der Waals surface area contributed by atoms with Crippen molar-refractivity contribution >= 4 is 35.3 Å². The molecule has 2 N–H and O–H groups in total. The van der Waals surface area contributed by atoms with Crippen LogP contribution in [0.1, 0.15) is 24.3 Å². The monoisotopic (exact) mass is 480 g/mol. The van der Waals surface area contributed by atoms with E-state index in [2.05, 4.69) is 15.2 Å². The van der Waals surface area contributed by atoms with Gasteiger partial charge in [-0.05, 0) is 35.7 Å². The third kappa shape index (κ3) is 6.24. The summed E-state index contributed by atoms with van der Waals surface area (Å²) in [5, 5.41) is 14.0. The average Bonchev–Trinajstić information content (AvgIpc) is 2.84. The van der Waals surface area contributed by atoms with Crippen LogP contribution in [-0.2, 0) is 4.79 Å². The Morgan fingerprint density at radius 1 is 1.06 bits per heavy atom. The molecule has 0 spiro atoms. The minimum Gasteiger partial charge on any atom is -0.511 e. The Hall–Kier alpha value is -3.16. The van der Waals surface area contributed by atoms with Gasteiger partial charge in [0.25, 0.3) is 0 Å². The number of carbonyl (C=O) groups is 2. The van der Waals surface area contributed by atoms with Gasteiger partial charge in [-0.2, -0.15) is 0 Å². The molecule has 0 bridgehead atoms. The number of amides is 2. The van der Waals surface area contributed by atoms with E-state index in [-0.39, 0.29) is 23.5 Å². The molecule has 1 unspecified atom stereocenters. The molecule has 2 amide bonds. The summed E-state index contributed by atoms with van der Waals surface area (Å²) in [5.41, 5.74) is 2.10. The number of anilines is 1. The van der Waals surface area contributed by atoms with Gasteiger partial charge in [0, 0.05) is 62.5 Å². The third-order valence-corrected chi connectivity index (χ3v) is 6.53. The van der Waals surface area contributed by atoms with Crippen LogP contribution >= 0.6 is 11.6 Å². The number of aliphatic hydroxyl groups is 1. The Morgan fingerprint density at radius 2 is 1.76 bits per heavy atom. The summed E-state index contributed by atoms with van der Waals surface area (Å²) in [7, 11) is 0. The fourth-order valence-electron chi connectivity index (χ4n) is 4.28. The van der Waals surface area contributed by atoms with Crippen LogP contribution < -0.4 is 5.32 Å². The molecule has 1 atom stereocenters. The summed E-state index contributed by atoms with van der Waals surface area (Å²) in [5.74, 6) is -0.0409. The predicted octanol–water partition coefficient (Wildman–Crippen LogP) is 4.52. The molecule has 1 fully saturated rings. The minimum absolute atomic E-state index is 0.0442. The zero-order valence-electron chi connectivity index (χ0n) is 19.0. The van der Waals surface area contributed by atoms with Crippen molar-refractivity contribution in [3.8, 4) is 0 Å². The molecule has 0 radical (unpaired) electrons. The highest BCUT2D eigenvalue weighted by molar-refractivity contribution is 6.30. The number of benzene rings is 2. The first-order valence-electron chi connectivity index (χ1n) is 11.5. The molecule has 2 aromatic carbocycles. The standard InChI is InChI=1S/C26H29ClN4O3/c27-21-8-6-19(7-9-21)20-16-24(32)23(25(33)17-20)18-28-10-11-30-12-14-31(15-13-30)26(34)29-22-4-2-1-3-5-22/h1-9,18,20,32H,10-17H2,(H,29,34). The number of nitrogens with zero attached hydrogens (tertiary/aromatic N) is 3. The first-order chi connectivity index (χ1) is 16.5. The number of Topliss-reactive ketones (excluding diaryl/α,β-unsaturated/α-hetero) is 1. The SMILES string of the molecule is O=C1CC(c2ccc(Cl)cc2)CC(O)=C1C=NCCN1CCN(C(=O)Nc2ccccc2)CC1.